The van der Waals surface area contributed by atoms with E-state index in [2.05, 4.69) is 0 Å². The second-order valence-corrected chi connectivity index (χ2v) is 6.22. The van der Waals surface area contributed by atoms with Crippen LogP contribution in [-0.4, -0.2) is 19.4 Å². The average molecular weight is 213 g/mol. The van der Waals surface area contributed by atoms with Crippen LogP contribution in [-0.2, 0) is 9.05 Å². The molecule has 2 nitrogen and oxygen atoms in total. The smallest absolute Gasteiger partial charge is 0.208 e. The summed E-state index contributed by atoms with van der Waals surface area (Å²) in [5.41, 5.74) is 0. The molecule has 0 N–H and O–H groups in total. The van der Waals surface area contributed by atoms with E-state index in [4.69, 9.17) is 10.7 Å². The molecule has 1 atom stereocenters. The Morgan fingerprint density at radius 2 is 2.27 bits per heavy atom. The Morgan fingerprint density at radius 1 is 1.55 bits per heavy atom. The van der Waals surface area contributed by atoms with Crippen molar-refractivity contribution in [1.29, 1.82) is 0 Å². The fraction of sp³-hybridized carbons (Fsp3) is 0.667. The zero-order chi connectivity index (χ0) is 8.32. The van der Waals surface area contributed by atoms with Crippen molar-refractivity contribution in [1.82, 2.24) is 0 Å². The van der Waals surface area contributed by atoms with Crippen molar-refractivity contribution in [3.8, 4) is 0 Å². The van der Waals surface area contributed by atoms with Gasteiger partial charge in [-0.3, -0.25) is 0 Å². The van der Waals surface area contributed by atoms with Crippen molar-refractivity contribution in [2.75, 3.05) is 5.75 Å². The fourth-order valence-corrected chi connectivity index (χ4v) is 2.75. The summed E-state index contributed by atoms with van der Waals surface area (Å²) in [6.07, 6.45) is 3.90. The molecule has 1 unspecified atom stereocenters. The topological polar surface area (TPSA) is 34.1 Å². The highest BCUT2D eigenvalue weighted by Crippen LogP contribution is 2.27. The van der Waals surface area contributed by atoms with E-state index >= 15 is 0 Å². The minimum atomic E-state index is -3.43. The normalized spacial score (nSPS) is 26.5. The van der Waals surface area contributed by atoms with Crippen LogP contribution in [0.3, 0.4) is 0 Å². The van der Waals surface area contributed by atoms with E-state index in [9.17, 15) is 8.42 Å². The molecular formula is C6H9ClO2S2. The Hall–Kier alpha value is 0.330. The van der Waals surface area contributed by atoms with Gasteiger partial charge in [-0.05, 0) is 18.6 Å². The van der Waals surface area contributed by atoms with Crippen LogP contribution in [0.5, 0.6) is 0 Å². The third-order valence-electron chi connectivity index (χ3n) is 1.42. The van der Waals surface area contributed by atoms with Gasteiger partial charge < -0.3 is 0 Å². The summed E-state index contributed by atoms with van der Waals surface area (Å²) >= 11 is 1.77. The quantitative estimate of drug-likeness (QED) is 0.657. The number of halogens is 1. The van der Waals surface area contributed by atoms with Gasteiger partial charge in [0.2, 0.25) is 0 Å². The van der Waals surface area contributed by atoms with Gasteiger partial charge in [0.05, 0.1) is 0 Å². The number of hydrogen-bond donors (Lipinski definition) is 0. The van der Waals surface area contributed by atoms with Crippen LogP contribution >= 0.6 is 22.4 Å². The first-order chi connectivity index (χ1) is 5.08. The second-order valence-electron chi connectivity index (χ2n) is 2.36. The monoisotopic (exact) mass is 212 g/mol. The van der Waals surface area contributed by atoms with Crippen LogP contribution in [0.2, 0.25) is 0 Å². The predicted octanol–water partition coefficient (Wildman–Crippen LogP) is 1.96. The molecule has 1 heterocycles. The lowest BCUT2D eigenvalue weighted by molar-refractivity contribution is 0.617. The molecule has 1 aliphatic heterocycles. The molecule has 1 aliphatic rings. The van der Waals surface area contributed by atoms with E-state index in [-0.39, 0.29) is 0 Å². The summed E-state index contributed by atoms with van der Waals surface area (Å²) < 4.78 is 20.9. The first-order valence-corrected chi connectivity index (χ1v) is 6.74. The van der Waals surface area contributed by atoms with Crippen LogP contribution in [0.25, 0.3) is 0 Å². The molecule has 5 heteroatoms. The summed E-state index contributed by atoms with van der Waals surface area (Å²) in [6, 6.07) is 0. The minimum absolute atomic E-state index is 0.350. The third-order valence-corrected chi connectivity index (χ3v) is 3.56. The van der Waals surface area contributed by atoms with Gasteiger partial charge in [-0.25, -0.2) is 8.42 Å². The molecule has 0 bridgehead atoms. The summed E-state index contributed by atoms with van der Waals surface area (Å²) in [5, 5.41) is 1.43. The van der Waals surface area contributed by atoms with Crippen molar-refractivity contribution < 1.29 is 8.42 Å². The summed E-state index contributed by atoms with van der Waals surface area (Å²) in [7, 11) is 1.55. The molecule has 0 spiro atoms. The number of hydrogen-bond acceptors (Lipinski definition) is 3. The van der Waals surface area contributed by atoms with E-state index in [0.29, 0.717) is 5.25 Å². The molecular weight excluding hydrogens is 204 g/mol. The lowest BCUT2D eigenvalue weighted by atomic mass is 10.2. The number of thioether (sulfide) groups is 1. The highest BCUT2D eigenvalue weighted by atomic mass is 35.7. The van der Waals surface area contributed by atoms with E-state index in [1.165, 1.54) is 6.42 Å². The van der Waals surface area contributed by atoms with Gasteiger partial charge in [0, 0.05) is 21.3 Å². The Bertz CT molecular complexity index is 239. The predicted molar refractivity (Wildman–Crippen MR) is 49.4 cm³/mol. The van der Waals surface area contributed by atoms with Gasteiger partial charge >= 0.3 is 0 Å². The molecule has 0 aromatic heterocycles. The molecule has 64 valence electrons. The molecule has 0 aromatic carbocycles. The molecule has 0 aromatic rings. The van der Waals surface area contributed by atoms with Gasteiger partial charge in [0.25, 0.3) is 9.05 Å². The Kier molecular flexibility index (Phi) is 3.28. The molecule has 0 amide bonds. The van der Waals surface area contributed by atoms with Crippen LogP contribution in [0, 0.1) is 0 Å². The van der Waals surface area contributed by atoms with Gasteiger partial charge in [0.15, 0.2) is 0 Å². The SMILES string of the molecule is O=S(=O)(Cl)/C=C\C1CCCS1. The van der Waals surface area contributed by atoms with Gasteiger partial charge in [-0.15, -0.1) is 0 Å². The van der Waals surface area contributed by atoms with Crippen LogP contribution in [0.1, 0.15) is 12.8 Å². The summed E-state index contributed by atoms with van der Waals surface area (Å²) in [4.78, 5) is 0. The molecule has 1 saturated heterocycles. The highest BCUT2D eigenvalue weighted by molar-refractivity contribution is 8.16. The first-order valence-electron chi connectivity index (χ1n) is 3.32. The fourth-order valence-electron chi connectivity index (χ4n) is 0.936. The molecule has 1 rings (SSSR count). The lowest BCUT2D eigenvalue weighted by Gasteiger charge is -1.97. The standard InChI is InChI=1S/C6H9ClO2S2/c7-11(8,9)5-3-6-2-1-4-10-6/h3,5-6H,1-2,4H2/b5-3-. The zero-order valence-electron chi connectivity index (χ0n) is 5.86. The summed E-state index contributed by atoms with van der Waals surface area (Å²) in [5.74, 6) is 1.12. The number of rotatable bonds is 2. The highest BCUT2D eigenvalue weighted by Gasteiger charge is 2.12. The van der Waals surface area contributed by atoms with E-state index < -0.39 is 9.05 Å². The van der Waals surface area contributed by atoms with Gasteiger partial charge in [-0.2, -0.15) is 11.8 Å². The minimum Gasteiger partial charge on any atom is -0.208 e. The molecule has 1 fully saturated rings. The van der Waals surface area contributed by atoms with Crippen molar-refractivity contribution in [2.45, 2.75) is 18.1 Å². The van der Waals surface area contributed by atoms with E-state index in [1.54, 1.807) is 17.8 Å². The van der Waals surface area contributed by atoms with E-state index in [0.717, 1.165) is 17.6 Å². The van der Waals surface area contributed by atoms with Gasteiger partial charge in [0.1, 0.15) is 0 Å². The van der Waals surface area contributed by atoms with Crippen molar-refractivity contribution >= 4 is 31.5 Å². The zero-order valence-corrected chi connectivity index (χ0v) is 8.25. The maximum Gasteiger partial charge on any atom is 0.254 e. The van der Waals surface area contributed by atoms with Gasteiger partial charge in [-0.1, -0.05) is 6.08 Å². The molecule has 0 radical (unpaired) electrons. The second kappa shape index (κ2) is 3.83. The van der Waals surface area contributed by atoms with Crippen LogP contribution < -0.4 is 0 Å². The van der Waals surface area contributed by atoms with Crippen molar-refractivity contribution in [3.63, 3.8) is 0 Å². The van der Waals surface area contributed by atoms with Crippen molar-refractivity contribution in [2.24, 2.45) is 0 Å². The Balaban J connectivity index is 2.47. The first kappa shape index (κ1) is 9.42. The summed E-state index contributed by atoms with van der Waals surface area (Å²) in [6.45, 7) is 0. The van der Waals surface area contributed by atoms with E-state index in [1.807, 2.05) is 0 Å². The molecule has 11 heavy (non-hydrogen) atoms. The molecule has 0 saturated carbocycles. The largest absolute Gasteiger partial charge is 0.254 e. The third kappa shape index (κ3) is 4.03. The Labute approximate surface area is 75.4 Å². The lowest BCUT2D eigenvalue weighted by Crippen LogP contribution is -1.90. The van der Waals surface area contributed by atoms with Crippen LogP contribution in [0.15, 0.2) is 11.5 Å². The Morgan fingerprint density at radius 3 is 2.73 bits per heavy atom. The molecule has 0 aliphatic carbocycles. The van der Waals surface area contributed by atoms with Crippen molar-refractivity contribution in [3.05, 3.63) is 11.5 Å². The average Bonchev–Trinajstić information content (AvgIpc) is 2.32. The maximum absolute atomic E-state index is 10.5. The maximum atomic E-state index is 10.5. The van der Waals surface area contributed by atoms with Crippen LogP contribution in [0.4, 0.5) is 0 Å².